The van der Waals surface area contributed by atoms with Crippen molar-refractivity contribution in [1.29, 1.82) is 0 Å². The fraction of sp³-hybridized carbons (Fsp3) is 0.438. The minimum atomic E-state index is -0.210. The zero-order valence-electron chi connectivity index (χ0n) is 11.6. The first-order valence-corrected chi connectivity index (χ1v) is 7.26. The van der Waals surface area contributed by atoms with Crippen molar-refractivity contribution < 1.29 is 5.11 Å². The van der Waals surface area contributed by atoms with Crippen LogP contribution >= 0.6 is 0 Å². The first-order chi connectivity index (χ1) is 9.74. The molecule has 4 N–H and O–H groups in total. The lowest BCUT2D eigenvalue weighted by atomic mass is 9.82. The van der Waals surface area contributed by atoms with Crippen molar-refractivity contribution in [3.05, 3.63) is 30.5 Å². The fourth-order valence-corrected chi connectivity index (χ4v) is 3.13. The molecule has 1 heterocycles. The first-order valence-electron chi connectivity index (χ1n) is 7.26. The highest BCUT2D eigenvalue weighted by Gasteiger charge is 2.31. The zero-order chi connectivity index (χ0) is 14.0. The van der Waals surface area contributed by atoms with Gasteiger partial charge in [-0.3, -0.25) is 4.98 Å². The molecular formula is C16H21N3O. The zero-order valence-corrected chi connectivity index (χ0v) is 11.6. The van der Waals surface area contributed by atoms with E-state index in [0.29, 0.717) is 0 Å². The van der Waals surface area contributed by atoms with E-state index < -0.39 is 0 Å². The molecule has 106 valence electrons. The van der Waals surface area contributed by atoms with Crippen LogP contribution in [-0.2, 0) is 0 Å². The molecular weight excluding hydrogens is 250 g/mol. The van der Waals surface area contributed by atoms with Gasteiger partial charge in [0.2, 0.25) is 0 Å². The number of aliphatic hydroxyl groups is 1. The van der Waals surface area contributed by atoms with Crippen LogP contribution in [0.25, 0.3) is 10.9 Å². The smallest absolute Gasteiger partial charge is 0.0954 e. The maximum absolute atomic E-state index is 9.82. The Kier molecular flexibility index (Phi) is 3.49. The van der Waals surface area contributed by atoms with E-state index in [2.05, 4.69) is 10.3 Å². The van der Waals surface area contributed by atoms with E-state index in [1.54, 1.807) is 6.20 Å². The Morgan fingerprint density at radius 2 is 2.00 bits per heavy atom. The minimum Gasteiger partial charge on any atom is -0.398 e. The minimum absolute atomic E-state index is 0.158. The Labute approximate surface area is 119 Å². The van der Waals surface area contributed by atoms with Gasteiger partial charge in [-0.25, -0.2) is 0 Å². The number of nitrogen functional groups attached to an aromatic ring is 1. The predicted octanol–water partition coefficient (Wildman–Crippen LogP) is 2.92. The summed E-state index contributed by atoms with van der Waals surface area (Å²) >= 11 is 0. The van der Waals surface area contributed by atoms with Gasteiger partial charge in [-0.15, -0.1) is 0 Å². The van der Waals surface area contributed by atoms with E-state index in [1.165, 1.54) is 6.42 Å². The summed E-state index contributed by atoms with van der Waals surface area (Å²) in [6, 6.07) is 7.75. The Morgan fingerprint density at radius 1 is 1.20 bits per heavy atom. The number of pyridine rings is 1. The molecule has 3 rings (SSSR count). The van der Waals surface area contributed by atoms with Crippen molar-refractivity contribution in [2.24, 2.45) is 0 Å². The second kappa shape index (κ2) is 5.29. The van der Waals surface area contributed by atoms with Crippen molar-refractivity contribution in [3.8, 4) is 0 Å². The monoisotopic (exact) mass is 271 g/mol. The lowest BCUT2D eigenvalue weighted by Crippen LogP contribution is -2.43. The van der Waals surface area contributed by atoms with E-state index in [0.717, 1.165) is 48.0 Å². The summed E-state index contributed by atoms with van der Waals surface area (Å²) in [6.07, 6.45) is 7.36. The molecule has 20 heavy (non-hydrogen) atoms. The molecule has 1 aliphatic rings. The molecule has 4 nitrogen and oxygen atoms in total. The summed E-state index contributed by atoms with van der Waals surface area (Å²) in [5.74, 6) is 0. The van der Waals surface area contributed by atoms with E-state index >= 15 is 0 Å². The van der Waals surface area contributed by atoms with Gasteiger partial charge in [-0.2, -0.15) is 0 Å². The highest BCUT2D eigenvalue weighted by Crippen LogP contribution is 2.34. The summed E-state index contributed by atoms with van der Waals surface area (Å²) in [5.41, 5.74) is 8.38. The van der Waals surface area contributed by atoms with Gasteiger partial charge >= 0.3 is 0 Å². The van der Waals surface area contributed by atoms with E-state index in [1.807, 2.05) is 24.3 Å². The summed E-state index contributed by atoms with van der Waals surface area (Å²) in [4.78, 5) is 4.45. The van der Waals surface area contributed by atoms with Gasteiger partial charge in [0.05, 0.1) is 23.3 Å². The van der Waals surface area contributed by atoms with Crippen LogP contribution in [0, 0.1) is 0 Å². The number of hydrogen-bond donors (Lipinski definition) is 3. The molecule has 1 saturated carbocycles. The predicted molar refractivity (Wildman–Crippen MR) is 82.7 cm³/mol. The summed E-state index contributed by atoms with van der Waals surface area (Å²) in [6.45, 7) is 0.158. The van der Waals surface area contributed by atoms with E-state index in [-0.39, 0.29) is 12.1 Å². The van der Waals surface area contributed by atoms with Gasteiger partial charge < -0.3 is 16.2 Å². The molecule has 0 saturated heterocycles. The van der Waals surface area contributed by atoms with Crippen LogP contribution in [-0.4, -0.2) is 22.2 Å². The SMILES string of the molecule is Nc1ccc(NC2(CO)CCCCC2)c2ncccc12. The Morgan fingerprint density at radius 3 is 2.75 bits per heavy atom. The lowest BCUT2D eigenvalue weighted by molar-refractivity contribution is 0.173. The van der Waals surface area contributed by atoms with Crippen LogP contribution in [0.15, 0.2) is 30.5 Å². The van der Waals surface area contributed by atoms with Gasteiger partial charge in [0.1, 0.15) is 0 Å². The quantitative estimate of drug-likeness (QED) is 0.751. The van der Waals surface area contributed by atoms with Crippen LogP contribution < -0.4 is 11.1 Å². The molecule has 0 unspecified atom stereocenters. The summed E-state index contributed by atoms with van der Waals surface area (Å²) < 4.78 is 0. The number of anilines is 2. The van der Waals surface area contributed by atoms with Crippen LogP contribution in [0.1, 0.15) is 32.1 Å². The molecule has 0 amide bonds. The van der Waals surface area contributed by atoms with Crippen LogP contribution in [0.5, 0.6) is 0 Å². The van der Waals surface area contributed by atoms with Gasteiger partial charge in [-0.05, 0) is 37.1 Å². The molecule has 2 aromatic rings. The second-order valence-electron chi connectivity index (χ2n) is 5.73. The number of fused-ring (bicyclic) bond motifs is 1. The molecule has 0 radical (unpaired) electrons. The number of rotatable bonds is 3. The van der Waals surface area contributed by atoms with E-state index in [4.69, 9.17) is 5.73 Å². The molecule has 0 bridgehead atoms. The number of aliphatic hydroxyl groups excluding tert-OH is 1. The number of hydrogen-bond acceptors (Lipinski definition) is 4. The molecule has 1 aliphatic carbocycles. The number of nitrogens with zero attached hydrogens (tertiary/aromatic N) is 1. The molecule has 4 heteroatoms. The van der Waals surface area contributed by atoms with Crippen molar-refractivity contribution in [2.45, 2.75) is 37.6 Å². The number of aromatic nitrogens is 1. The van der Waals surface area contributed by atoms with Crippen LogP contribution in [0.2, 0.25) is 0 Å². The Hall–Kier alpha value is -1.81. The first kappa shape index (κ1) is 13.2. The summed E-state index contributed by atoms with van der Waals surface area (Å²) in [5, 5.41) is 14.3. The standard InChI is InChI=1S/C16H21N3O/c17-13-6-7-14(15-12(13)5-4-10-18-15)19-16(11-20)8-2-1-3-9-16/h4-7,10,19-20H,1-3,8-9,11,17H2. The lowest BCUT2D eigenvalue weighted by Gasteiger charge is -2.37. The normalized spacial score (nSPS) is 18.1. The number of nitrogens with two attached hydrogens (primary N) is 1. The maximum Gasteiger partial charge on any atom is 0.0954 e. The van der Waals surface area contributed by atoms with Crippen LogP contribution in [0.4, 0.5) is 11.4 Å². The largest absolute Gasteiger partial charge is 0.398 e. The molecule has 0 aliphatic heterocycles. The van der Waals surface area contributed by atoms with Crippen molar-refractivity contribution in [1.82, 2.24) is 4.98 Å². The van der Waals surface area contributed by atoms with Gasteiger partial charge in [0.15, 0.2) is 0 Å². The molecule has 1 aromatic heterocycles. The topological polar surface area (TPSA) is 71.2 Å². The highest BCUT2D eigenvalue weighted by atomic mass is 16.3. The Balaban J connectivity index is 2.00. The molecule has 1 aromatic carbocycles. The highest BCUT2D eigenvalue weighted by molar-refractivity contribution is 5.98. The third-order valence-corrected chi connectivity index (χ3v) is 4.32. The second-order valence-corrected chi connectivity index (χ2v) is 5.73. The molecule has 1 fully saturated rings. The third-order valence-electron chi connectivity index (χ3n) is 4.32. The third kappa shape index (κ3) is 2.31. The molecule has 0 spiro atoms. The van der Waals surface area contributed by atoms with Crippen LogP contribution in [0.3, 0.4) is 0 Å². The van der Waals surface area contributed by atoms with Gasteiger partial charge in [-0.1, -0.05) is 19.3 Å². The number of benzene rings is 1. The fourth-order valence-electron chi connectivity index (χ4n) is 3.13. The molecule has 0 atom stereocenters. The van der Waals surface area contributed by atoms with Gasteiger partial charge in [0.25, 0.3) is 0 Å². The summed E-state index contributed by atoms with van der Waals surface area (Å²) in [7, 11) is 0. The van der Waals surface area contributed by atoms with Gasteiger partial charge in [0, 0.05) is 17.3 Å². The van der Waals surface area contributed by atoms with Crippen molar-refractivity contribution in [3.63, 3.8) is 0 Å². The number of nitrogens with one attached hydrogen (secondary N) is 1. The maximum atomic E-state index is 9.82. The van der Waals surface area contributed by atoms with Crippen molar-refractivity contribution >= 4 is 22.3 Å². The average Bonchev–Trinajstić information content (AvgIpc) is 2.51. The average molecular weight is 271 g/mol. The van der Waals surface area contributed by atoms with E-state index in [9.17, 15) is 5.11 Å². The Bertz CT molecular complexity index is 606. The van der Waals surface area contributed by atoms with Crippen molar-refractivity contribution in [2.75, 3.05) is 17.7 Å².